The summed E-state index contributed by atoms with van der Waals surface area (Å²) in [6, 6.07) is 12.5. The molecule has 1 aliphatic rings. The van der Waals surface area contributed by atoms with Crippen LogP contribution < -0.4 is 4.90 Å². The van der Waals surface area contributed by atoms with Gasteiger partial charge in [0.05, 0.1) is 0 Å². The minimum absolute atomic E-state index is 0.0583. The van der Waals surface area contributed by atoms with E-state index in [1.807, 2.05) is 24.4 Å². The summed E-state index contributed by atoms with van der Waals surface area (Å²) in [4.78, 5) is 9.09. The quantitative estimate of drug-likeness (QED) is 0.792. The Morgan fingerprint density at radius 3 is 2.46 bits per heavy atom. The number of hydrogen-bond donors (Lipinski definition) is 0. The van der Waals surface area contributed by atoms with Crippen molar-refractivity contribution in [1.82, 2.24) is 9.88 Å². The second kappa shape index (κ2) is 7.97. The third kappa shape index (κ3) is 4.14. The summed E-state index contributed by atoms with van der Waals surface area (Å²) >= 11 is 0. The van der Waals surface area contributed by atoms with Crippen molar-refractivity contribution >= 4 is 5.82 Å². The van der Waals surface area contributed by atoms with Gasteiger partial charge in [0.15, 0.2) is 0 Å². The van der Waals surface area contributed by atoms with Crippen LogP contribution >= 0.6 is 0 Å². The summed E-state index contributed by atoms with van der Waals surface area (Å²) in [5.74, 6) is 0.801. The van der Waals surface area contributed by atoms with Gasteiger partial charge in [-0.1, -0.05) is 18.2 Å². The van der Waals surface area contributed by atoms with Crippen LogP contribution in [-0.4, -0.2) is 49.7 Å². The van der Waals surface area contributed by atoms with E-state index >= 15 is 0 Å². The van der Waals surface area contributed by atoms with Gasteiger partial charge < -0.3 is 4.90 Å². The molecular weight excluding hydrogens is 305 g/mol. The van der Waals surface area contributed by atoms with Gasteiger partial charge in [0.25, 0.3) is 0 Å². The van der Waals surface area contributed by atoms with Gasteiger partial charge in [0, 0.05) is 46.0 Å². The molecule has 0 N–H and O–H groups in total. The molecule has 0 spiro atoms. The van der Waals surface area contributed by atoms with Crippen molar-refractivity contribution < 1.29 is 4.39 Å². The Morgan fingerprint density at radius 1 is 1.08 bits per heavy atom. The van der Waals surface area contributed by atoms with Crippen LogP contribution in [0.3, 0.4) is 0 Å². The van der Waals surface area contributed by atoms with E-state index in [1.165, 1.54) is 12.1 Å². The van der Waals surface area contributed by atoms with E-state index in [0.29, 0.717) is 0 Å². The number of nitrogens with zero attached hydrogens (tertiary/aromatic N) is 5. The third-order valence-electron chi connectivity index (χ3n) is 4.29. The molecule has 2 heterocycles. The van der Waals surface area contributed by atoms with E-state index in [1.54, 1.807) is 19.2 Å². The zero-order chi connectivity index (χ0) is 16.8. The summed E-state index contributed by atoms with van der Waals surface area (Å²) in [5, 5.41) is 8.28. The molecule has 1 aromatic heterocycles. The van der Waals surface area contributed by atoms with Crippen molar-refractivity contribution in [1.29, 1.82) is 0 Å². The number of anilines is 1. The molecule has 126 valence electrons. The molecule has 0 bridgehead atoms. The van der Waals surface area contributed by atoms with E-state index in [4.69, 9.17) is 0 Å². The van der Waals surface area contributed by atoms with Crippen molar-refractivity contribution in [2.75, 3.05) is 44.7 Å². The maximum absolute atomic E-state index is 13.1. The Morgan fingerprint density at radius 2 is 1.83 bits per heavy atom. The smallest absolute Gasteiger partial charge is 0.128 e. The zero-order valence-corrected chi connectivity index (χ0v) is 13.8. The van der Waals surface area contributed by atoms with E-state index in [9.17, 15) is 4.39 Å². The van der Waals surface area contributed by atoms with Gasteiger partial charge >= 0.3 is 0 Å². The van der Waals surface area contributed by atoms with Crippen LogP contribution in [0.25, 0.3) is 0 Å². The van der Waals surface area contributed by atoms with Crippen molar-refractivity contribution in [3.8, 4) is 0 Å². The van der Waals surface area contributed by atoms with Crippen LogP contribution in [-0.2, 0) is 0 Å². The van der Waals surface area contributed by atoms with Crippen LogP contribution in [0.15, 0.2) is 58.9 Å². The monoisotopic (exact) mass is 327 g/mol. The molecule has 1 atom stereocenters. The number of piperazine rings is 1. The molecule has 0 saturated carbocycles. The highest BCUT2D eigenvalue weighted by Crippen LogP contribution is 2.21. The van der Waals surface area contributed by atoms with E-state index in [2.05, 4.69) is 25.0 Å². The molecule has 2 aromatic rings. The maximum Gasteiger partial charge on any atom is 0.128 e. The molecule has 24 heavy (non-hydrogen) atoms. The number of azo groups is 1. The zero-order valence-electron chi connectivity index (χ0n) is 13.8. The predicted octanol–water partition coefficient (Wildman–Crippen LogP) is 3.17. The highest BCUT2D eigenvalue weighted by atomic mass is 19.1. The minimum atomic E-state index is -0.227. The largest absolute Gasteiger partial charge is 0.354 e. The molecule has 3 rings (SSSR count). The summed E-state index contributed by atoms with van der Waals surface area (Å²) in [5.41, 5.74) is 0.995. The first-order valence-electron chi connectivity index (χ1n) is 8.19. The Balaban J connectivity index is 1.60. The van der Waals surface area contributed by atoms with Crippen molar-refractivity contribution in [3.63, 3.8) is 0 Å². The van der Waals surface area contributed by atoms with Crippen LogP contribution in [0.4, 0.5) is 10.2 Å². The molecule has 1 aliphatic heterocycles. The van der Waals surface area contributed by atoms with Crippen LogP contribution in [0.5, 0.6) is 0 Å². The number of rotatable bonds is 5. The summed E-state index contributed by atoms with van der Waals surface area (Å²) < 4.78 is 13.1. The van der Waals surface area contributed by atoms with E-state index in [-0.39, 0.29) is 11.9 Å². The number of benzene rings is 1. The Labute approximate surface area is 141 Å². The molecule has 6 heteroatoms. The first kappa shape index (κ1) is 16.5. The van der Waals surface area contributed by atoms with Gasteiger partial charge in [0.1, 0.15) is 17.7 Å². The summed E-state index contributed by atoms with van der Waals surface area (Å²) in [6.07, 6.45) is 1.83. The molecule has 1 aromatic carbocycles. The van der Waals surface area contributed by atoms with Crippen LogP contribution in [0, 0.1) is 5.82 Å². The Bertz CT molecular complexity index is 651. The standard InChI is InChI=1S/C18H22FN5/c1-20-22-17(15-5-7-16(19)8-6-15)14-23-10-12-24(13-11-23)18-4-2-3-9-21-18/h2-9,17H,10-14H2,1H3. The van der Waals surface area contributed by atoms with Crippen molar-refractivity contribution in [2.45, 2.75) is 6.04 Å². The van der Waals surface area contributed by atoms with E-state index < -0.39 is 0 Å². The lowest BCUT2D eigenvalue weighted by Gasteiger charge is -2.36. The summed E-state index contributed by atoms with van der Waals surface area (Å²) in [7, 11) is 1.68. The number of pyridine rings is 1. The topological polar surface area (TPSA) is 44.1 Å². The van der Waals surface area contributed by atoms with Gasteiger partial charge in [0.2, 0.25) is 0 Å². The Kier molecular flexibility index (Phi) is 5.48. The second-order valence-electron chi connectivity index (χ2n) is 5.86. The van der Waals surface area contributed by atoms with Gasteiger partial charge in [-0.3, -0.25) is 4.90 Å². The SMILES string of the molecule is CN=NC(CN1CCN(c2ccccn2)CC1)c1ccc(F)cc1. The van der Waals surface area contributed by atoms with E-state index in [0.717, 1.165) is 44.1 Å². The normalized spacial score (nSPS) is 17.3. The fraction of sp³-hybridized carbons (Fsp3) is 0.389. The first-order valence-corrected chi connectivity index (χ1v) is 8.19. The minimum Gasteiger partial charge on any atom is -0.354 e. The number of hydrogen-bond acceptors (Lipinski definition) is 5. The molecule has 1 saturated heterocycles. The average molecular weight is 327 g/mol. The van der Waals surface area contributed by atoms with Gasteiger partial charge in [-0.2, -0.15) is 10.2 Å². The molecule has 1 unspecified atom stereocenters. The predicted molar refractivity (Wildman–Crippen MR) is 92.8 cm³/mol. The number of halogens is 1. The molecule has 1 fully saturated rings. The Hall–Kier alpha value is -2.34. The first-order chi connectivity index (χ1) is 11.8. The molecule has 0 radical (unpaired) electrons. The highest BCUT2D eigenvalue weighted by molar-refractivity contribution is 5.38. The lowest BCUT2D eigenvalue weighted by atomic mass is 10.1. The van der Waals surface area contributed by atoms with Gasteiger partial charge in [-0.05, 0) is 29.8 Å². The van der Waals surface area contributed by atoms with Crippen LogP contribution in [0.2, 0.25) is 0 Å². The molecule has 5 nitrogen and oxygen atoms in total. The van der Waals surface area contributed by atoms with Crippen LogP contribution in [0.1, 0.15) is 11.6 Å². The fourth-order valence-electron chi connectivity index (χ4n) is 2.98. The number of aromatic nitrogens is 1. The molecular formula is C18H22FN5. The fourth-order valence-corrected chi connectivity index (χ4v) is 2.98. The van der Waals surface area contributed by atoms with Gasteiger partial charge in [-0.15, -0.1) is 0 Å². The second-order valence-corrected chi connectivity index (χ2v) is 5.86. The lowest BCUT2D eigenvalue weighted by Crippen LogP contribution is -2.47. The highest BCUT2D eigenvalue weighted by Gasteiger charge is 2.21. The maximum atomic E-state index is 13.1. The van der Waals surface area contributed by atoms with Gasteiger partial charge in [-0.25, -0.2) is 9.37 Å². The average Bonchev–Trinajstić information content (AvgIpc) is 2.63. The lowest BCUT2D eigenvalue weighted by molar-refractivity contribution is 0.241. The van der Waals surface area contributed by atoms with Crippen molar-refractivity contribution in [2.24, 2.45) is 10.2 Å². The molecule has 0 aliphatic carbocycles. The molecule has 0 amide bonds. The third-order valence-corrected chi connectivity index (χ3v) is 4.29. The van der Waals surface area contributed by atoms with Crippen molar-refractivity contribution in [3.05, 3.63) is 60.0 Å². The summed E-state index contributed by atoms with van der Waals surface area (Å²) in [6.45, 7) is 4.58.